The molecule has 0 spiro atoms. The minimum absolute atomic E-state index is 0.464. The van der Waals surface area contributed by atoms with Gasteiger partial charge >= 0.3 is 0 Å². The molecule has 1 aromatic carbocycles. The molecule has 2 aromatic rings. The number of rotatable bonds is 4. The molecule has 0 aliphatic carbocycles. The number of benzene rings is 1. The van der Waals surface area contributed by atoms with Crippen LogP contribution < -0.4 is 0 Å². The summed E-state index contributed by atoms with van der Waals surface area (Å²) in [5, 5.41) is 3.83. The van der Waals surface area contributed by atoms with Crippen molar-refractivity contribution in [3.8, 4) is 0 Å². The fraction of sp³-hybridized carbons (Fsp3) is 0.0909. The molecule has 0 amide bonds. The van der Waals surface area contributed by atoms with E-state index in [-0.39, 0.29) is 0 Å². The van der Waals surface area contributed by atoms with Crippen LogP contribution in [0.25, 0.3) is 6.08 Å². The summed E-state index contributed by atoms with van der Waals surface area (Å²) < 4.78 is 6.00. The molecule has 3 nitrogen and oxygen atoms in total. The molecule has 2 rings (SSSR count). The molecular weight excluding hydrogens is 288 g/mol. The molecular formula is C11H9BrN2OS. The summed E-state index contributed by atoms with van der Waals surface area (Å²) in [5.41, 5.74) is 0. The van der Waals surface area contributed by atoms with Crippen LogP contribution in [-0.4, -0.2) is 10.1 Å². The van der Waals surface area contributed by atoms with Crippen LogP contribution in [0.1, 0.15) is 11.7 Å². The zero-order valence-electron chi connectivity index (χ0n) is 8.39. The van der Waals surface area contributed by atoms with E-state index < -0.39 is 0 Å². The Bertz CT molecular complexity index is 481. The molecule has 1 heterocycles. The van der Waals surface area contributed by atoms with Gasteiger partial charge in [0.05, 0.1) is 5.75 Å². The predicted octanol–water partition coefficient (Wildman–Crippen LogP) is 3.77. The molecule has 0 atom stereocenters. The fourth-order valence-corrected chi connectivity index (χ4v) is 2.09. The van der Waals surface area contributed by atoms with Crippen molar-refractivity contribution in [3.63, 3.8) is 0 Å². The highest BCUT2D eigenvalue weighted by molar-refractivity contribution is 9.10. The molecule has 0 N–H and O–H groups in total. The van der Waals surface area contributed by atoms with Gasteiger partial charge in [-0.2, -0.15) is 4.98 Å². The summed E-state index contributed by atoms with van der Waals surface area (Å²) in [6, 6.07) is 8.11. The van der Waals surface area contributed by atoms with Gasteiger partial charge in [-0.25, -0.2) is 0 Å². The molecule has 1 aromatic heterocycles. The highest BCUT2D eigenvalue weighted by Gasteiger charge is 2.03. The largest absolute Gasteiger partial charge is 0.335 e. The smallest absolute Gasteiger partial charge is 0.250 e. The van der Waals surface area contributed by atoms with Gasteiger partial charge in [-0.15, -0.1) is 11.8 Å². The standard InChI is InChI=1S/C11H9BrN2OS/c1-2-11-13-10(14-15-11)7-16-9-5-3-8(12)4-6-9/h2-6H,1,7H2. The summed E-state index contributed by atoms with van der Waals surface area (Å²) in [4.78, 5) is 5.31. The van der Waals surface area contributed by atoms with Crippen molar-refractivity contribution in [1.29, 1.82) is 0 Å². The minimum Gasteiger partial charge on any atom is -0.335 e. The van der Waals surface area contributed by atoms with E-state index in [4.69, 9.17) is 4.52 Å². The van der Waals surface area contributed by atoms with E-state index in [1.165, 1.54) is 4.90 Å². The van der Waals surface area contributed by atoms with Crippen LogP contribution in [0, 0.1) is 0 Å². The average molecular weight is 297 g/mol. The molecule has 82 valence electrons. The summed E-state index contributed by atoms with van der Waals surface area (Å²) in [6.07, 6.45) is 1.54. The lowest BCUT2D eigenvalue weighted by molar-refractivity contribution is 0.405. The van der Waals surface area contributed by atoms with E-state index in [9.17, 15) is 0 Å². The zero-order valence-corrected chi connectivity index (χ0v) is 10.8. The molecule has 16 heavy (non-hydrogen) atoms. The third-order valence-electron chi connectivity index (χ3n) is 1.84. The quantitative estimate of drug-likeness (QED) is 0.805. The Morgan fingerprint density at radius 3 is 2.75 bits per heavy atom. The molecule has 0 aliphatic rings. The third-order valence-corrected chi connectivity index (χ3v) is 3.38. The average Bonchev–Trinajstić information content (AvgIpc) is 2.76. The van der Waals surface area contributed by atoms with Crippen LogP contribution in [0.2, 0.25) is 0 Å². The van der Waals surface area contributed by atoms with Gasteiger partial charge in [0.1, 0.15) is 0 Å². The van der Waals surface area contributed by atoms with Gasteiger partial charge in [0, 0.05) is 9.37 Å². The van der Waals surface area contributed by atoms with E-state index in [2.05, 4.69) is 32.6 Å². The van der Waals surface area contributed by atoms with E-state index in [1.54, 1.807) is 17.8 Å². The van der Waals surface area contributed by atoms with Crippen LogP contribution in [0.4, 0.5) is 0 Å². The Balaban J connectivity index is 1.96. The number of hydrogen-bond donors (Lipinski definition) is 0. The SMILES string of the molecule is C=Cc1nc(CSc2ccc(Br)cc2)no1. The summed E-state index contributed by atoms with van der Waals surface area (Å²) in [7, 11) is 0. The maximum Gasteiger partial charge on any atom is 0.250 e. The van der Waals surface area contributed by atoms with Gasteiger partial charge in [0.25, 0.3) is 0 Å². The van der Waals surface area contributed by atoms with Crippen molar-refractivity contribution >= 4 is 33.8 Å². The minimum atomic E-state index is 0.464. The Hall–Kier alpha value is -1.07. The summed E-state index contributed by atoms with van der Waals surface area (Å²) >= 11 is 5.06. The van der Waals surface area contributed by atoms with Crippen LogP contribution in [-0.2, 0) is 5.75 Å². The van der Waals surface area contributed by atoms with Crippen molar-refractivity contribution < 1.29 is 4.52 Å². The maximum atomic E-state index is 4.92. The molecule has 0 aliphatic heterocycles. The lowest BCUT2D eigenvalue weighted by Gasteiger charge is -1.97. The second-order valence-corrected chi connectivity index (χ2v) is 4.96. The maximum absolute atomic E-state index is 4.92. The molecule has 0 saturated carbocycles. The lowest BCUT2D eigenvalue weighted by Crippen LogP contribution is -1.83. The predicted molar refractivity (Wildman–Crippen MR) is 68.1 cm³/mol. The number of halogens is 1. The fourth-order valence-electron chi connectivity index (χ4n) is 1.09. The van der Waals surface area contributed by atoms with E-state index in [0.717, 1.165) is 4.47 Å². The summed E-state index contributed by atoms with van der Waals surface area (Å²) in [5.74, 6) is 1.84. The van der Waals surface area contributed by atoms with E-state index >= 15 is 0 Å². The number of hydrogen-bond acceptors (Lipinski definition) is 4. The first-order chi connectivity index (χ1) is 7.78. The normalized spacial score (nSPS) is 10.3. The van der Waals surface area contributed by atoms with Gasteiger partial charge in [-0.1, -0.05) is 27.7 Å². The van der Waals surface area contributed by atoms with Crippen molar-refractivity contribution in [2.24, 2.45) is 0 Å². The number of aromatic nitrogens is 2. The topological polar surface area (TPSA) is 38.9 Å². The van der Waals surface area contributed by atoms with Crippen LogP contribution in [0.5, 0.6) is 0 Å². The van der Waals surface area contributed by atoms with Crippen molar-refractivity contribution in [3.05, 3.63) is 47.0 Å². The van der Waals surface area contributed by atoms with Gasteiger partial charge < -0.3 is 4.52 Å². The first-order valence-electron chi connectivity index (χ1n) is 4.61. The Morgan fingerprint density at radius 2 is 2.12 bits per heavy atom. The van der Waals surface area contributed by atoms with Crippen molar-refractivity contribution in [1.82, 2.24) is 10.1 Å². The van der Waals surface area contributed by atoms with Crippen LogP contribution in [0.15, 0.2) is 44.7 Å². The van der Waals surface area contributed by atoms with Crippen molar-refractivity contribution in [2.75, 3.05) is 0 Å². The first-order valence-corrected chi connectivity index (χ1v) is 6.39. The monoisotopic (exact) mass is 296 g/mol. The molecule has 0 saturated heterocycles. The molecule has 0 bridgehead atoms. The number of nitrogens with zero attached hydrogens (tertiary/aromatic N) is 2. The zero-order chi connectivity index (χ0) is 11.4. The van der Waals surface area contributed by atoms with Gasteiger partial charge in [-0.3, -0.25) is 0 Å². The molecule has 0 fully saturated rings. The number of thioether (sulfide) groups is 1. The van der Waals surface area contributed by atoms with Gasteiger partial charge in [0.15, 0.2) is 5.82 Å². The highest BCUT2D eigenvalue weighted by Crippen LogP contribution is 2.23. The Kier molecular flexibility index (Phi) is 3.79. The Morgan fingerprint density at radius 1 is 1.38 bits per heavy atom. The lowest BCUT2D eigenvalue weighted by atomic mass is 10.4. The summed E-state index contributed by atoms with van der Waals surface area (Å²) in [6.45, 7) is 3.56. The molecule has 0 radical (unpaired) electrons. The Labute approximate surface area is 106 Å². The van der Waals surface area contributed by atoms with Crippen LogP contribution in [0.3, 0.4) is 0 Å². The molecule has 5 heteroatoms. The van der Waals surface area contributed by atoms with E-state index in [1.807, 2.05) is 24.3 Å². The van der Waals surface area contributed by atoms with Gasteiger partial charge in [0.2, 0.25) is 5.89 Å². The van der Waals surface area contributed by atoms with Gasteiger partial charge in [-0.05, 0) is 30.3 Å². The molecule has 0 unspecified atom stereocenters. The third kappa shape index (κ3) is 2.96. The van der Waals surface area contributed by atoms with Crippen molar-refractivity contribution in [2.45, 2.75) is 10.6 Å². The van der Waals surface area contributed by atoms with E-state index in [0.29, 0.717) is 17.5 Å². The van der Waals surface area contributed by atoms with Crippen LogP contribution >= 0.6 is 27.7 Å². The second kappa shape index (κ2) is 5.32. The first kappa shape index (κ1) is 11.4. The highest BCUT2D eigenvalue weighted by atomic mass is 79.9. The second-order valence-electron chi connectivity index (χ2n) is 3.00.